The number of rotatable bonds is 4. The van der Waals surface area contributed by atoms with E-state index in [2.05, 4.69) is 0 Å². The van der Waals surface area contributed by atoms with Crippen LogP contribution in [0.2, 0.25) is 0 Å². The van der Waals surface area contributed by atoms with E-state index in [0.717, 1.165) is 10.6 Å². The van der Waals surface area contributed by atoms with Gasteiger partial charge in [0.25, 0.3) is 0 Å². The van der Waals surface area contributed by atoms with E-state index in [1.165, 1.54) is 7.05 Å². The Morgan fingerprint density at radius 3 is 2.33 bits per heavy atom. The van der Waals surface area contributed by atoms with E-state index >= 15 is 0 Å². The van der Waals surface area contributed by atoms with Gasteiger partial charge in [-0.3, -0.25) is 4.79 Å². The normalized spacial score (nSPS) is 17.8. The number of carbonyl (C=O) groups excluding carboxylic acids is 1. The molecular formula is C14H20N2O4S. The Balaban J connectivity index is 2.34. The number of nitrogens with zero attached hydrogens (tertiary/aromatic N) is 2. The molecule has 1 atom stereocenters. The van der Waals surface area contributed by atoms with Crippen LogP contribution in [0.4, 0.5) is 0 Å². The number of hydrogen-bond donors (Lipinski definition) is 0. The molecule has 0 radical (unpaired) electrons. The van der Waals surface area contributed by atoms with E-state index in [1.54, 1.807) is 29.2 Å². The number of hydrogen-bond acceptors (Lipinski definition) is 4. The number of amides is 1. The molecule has 1 fully saturated rings. The minimum Gasteiger partial charge on any atom is -0.378 e. The molecule has 7 heteroatoms. The smallest absolute Gasteiger partial charge is 0.245 e. The van der Waals surface area contributed by atoms with Gasteiger partial charge in [-0.05, 0) is 5.56 Å². The maximum absolute atomic E-state index is 12.8. The highest BCUT2D eigenvalue weighted by Crippen LogP contribution is 2.24. The van der Waals surface area contributed by atoms with E-state index in [4.69, 9.17) is 4.74 Å². The summed E-state index contributed by atoms with van der Waals surface area (Å²) < 4.78 is 30.1. The average Bonchev–Trinajstić information content (AvgIpc) is 2.48. The van der Waals surface area contributed by atoms with Gasteiger partial charge < -0.3 is 9.64 Å². The van der Waals surface area contributed by atoms with Gasteiger partial charge in [0.2, 0.25) is 15.9 Å². The van der Waals surface area contributed by atoms with Gasteiger partial charge in [-0.1, -0.05) is 30.3 Å². The highest BCUT2D eigenvalue weighted by Gasteiger charge is 2.34. The van der Waals surface area contributed by atoms with Crippen LogP contribution in [-0.2, 0) is 19.6 Å². The molecule has 1 amide bonds. The summed E-state index contributed by atoms with van der Waals surface area (Å²) in [6.45, 7) is 1.94. The van der Waals surface area contributed by atoms with Crippen LogP contribution in [0.25, 0.3) is 0 Å². The monoisotopic (exact) mass is 312 g/mol. The van der Waals surface area contributed by atoms with Crippen molar-refractivity contribution in [3.8, 4) is 0 Å². The molecule has 0 spiro atoms. The zero-order valence-electron chi connectivity index (χ0n) is 12.2. The minimum absolute atomic E-state index is 0.211. The Bertz CT molecular complexity index is 582. The van der Waals surface area contributed by atoms with Gasteiger partial charge in [0.1, 0.15) is 6.04 Å². The molecule has 6 nitrogen and oxygen atoms in total. The number of likely N-dealkylation sites (N-methyl/N-ethyl adjacent to an activating group) is 1. The summed E-state index contributed by atoms with van der Waals surface area (Å²) in [5.74, 6) is -0.211. The first kappa shape index (κ1) is 15.9. The van der Waals surface area contributed by atoms with Crippen LogP contribution in [0.3, 0.4) is 0 Å². The second-order valence-corrected chi connectivity index (χ2v) is 7.07. The summed E-state index contributed by atoms with van der Waals surface area (Å²) in [5.41, 5.74) is 0.668. The predicted molar refractivity (Wildman–Crippen MR) is 79.2 cm³/mol. The molecule has 0 N–H and O–H groups in total. The molecular weight excluding hydrogens is 292 g/mol. The van der Waals surface area contributed by atoms with Crippen LogP contribution in [-0.4, -0.2) is 63.1 Å². The first-order valence-corrected chi connectivity index (χ1v) is 8.60. The number of sulfonamides is 1. The molecule has 1 aromatic carbocycles. The van der Waals surface area contributed by atoms with Crippen LogP contribution in [0.5, 0.6) is 0 Å². The Hall–Kier alpha value is -1.44. The van der Waals surface area contributed by atoms with Crippen molar-refractivity contribution in [2.75, 3.05) is 39.6 Å². The first-order chi connectivity index (χ1) is 9.91. The number of carbonyl (C=O) groups is 1. The summed E-state index contributed by atoms with van der Waals surface area (Å²) in [5, 5.41) is 0. The van der Waals surface area contributed by atoms with Crippen LogP contribution in [0, 0.1) is 0 Å². The quantitative estimate of drug-likeness (QED) is 0.811. The van der Waals surface area contributed by atoms with E-state index in [9.17, 15) is 13.2 Å². The minimum atomic E-state index is -3.48. The van der Waals surface area contributed by atoms with E-state index in [-0.39, 0.29) is 5.91 Å². The standard InChI is InChI=1S/C14H20N2O4S/c1-15(21(2,18)19)13(12-6-4-3-5-7-12)14(17)16-8-10-20-11-9-16/h3-7,13H,8-11H2,1-2H3. The van der Waals surface area contributed by atoms with Crippen LogP contribution >= 0.6 is 0 Å². The second-order valence-electron chi connectivity index (χ2n) is 5.03. The van der Waals surface area contributed by atoms with E-state index in [0.29, 0.717) is 31.9 Å². The third-order valence-electron chi connectivity index (χ3n) is 3.56. The first-order valence-electron chi connectivity index (χ1n) is 6.76. The summed E-state index contributed by atoms with van der Waals surface area (Å²) in [6.07, 6.45) is 1.11. The highest BCUT2D eigenvalue weighted by molar-refractivity contribution is 7.88. The van der Waals surface area contributed by atoms with Crippen molar-refractivity contribution in [1.82, 2.24) is 9.21 Å². The lowest BCUT2D eigenvalue weighted by Crippen LogP contribution is -2.47. The second kappa shape index (κ2) is 6.55. The third kappa shape index (κ3) is 3.81. The molecule has 1 aromatic rings. The van der Waals surface area contributed by atoms with Gasteiger partial charge in [-0.25, -0.2) is 8.42 Å². The zero-order chi connectivity index (χ0) is 15.5. The van der Waals surface area contributed by atoms with Crippen molar-refractivity contribution in [2.24, 2.45) is 0 Å². The van der Waals surface area contributed by atoms with Gasteiger partial charge in [-0.2, -0.15) is 4.31 Å². The van der Waals surface area contributed by atoms with Crippen molar-refractivity contribution in [3.63, 3.8) is 0 Å². The molecule has 0 saturated carbocycles. The summed E-state index contributed by atoms with van der Waals surface area (Å²) in [4.78, 5) is 14.4. The van der Waals surface area contributed by atoms with Gasteiger partial charge >= 0.3 is 0 Å². The summed E-state index contributed by atoms with van der Waals surface area (Å²) in [6, 6.07) is 8.13. The Labute approximate surface area is 125 Å². The molecule has 0 bridgehead atoms. The largest absolute Gasteiger partial charge is 0.378 e. The van der Waals surface area contributed by atoms with E-state index in [1.807, 2.05) is 6.07 Å². The van der Waals surface area contributed by atoms with Crippen molar-refractivity contribution in [1.29, 1.82) is 0 Å². The topological polar surface area (TPSA) is 66.9 Å². The molecule has 0 aromatic heterocycles. The lowest BCUT2D eigenvalue weighted by Gasteiger charge is -2.33. The highest BCUT2D eigenvalue weighted by atomic mass is 32.2. The van der Waals surface area contributed by atoms with Gasteiger partial charge in [0.05, 0.1) is 19.5 Å². The van der Waals surface area contributed by atoms with Gasteiger partial charge in [0.15, 0.2) is 0 Å². The molecule has 2 rings (SSSR count). The molecule has 1 aliphatic rings. The molecule has 1 saturated heterocycles. The Morgan fingerprint density at radius 1 is 1.24 bits per heavy atom. The summed E-state index contributed by atoms with van der Waals surface area (Å²) >= 11 is 0. The van der Waals surface area contributed by atoms with E-state index < -0.39 is 16.1 Å². The molecule has 21 heavy (non-hydrogen) atoms. The maximum atomic E-state index is 12.8. The summed E-state index contributed by atoms with van der Waals surface area (Å²) in [7, 11) is -2.04. The Morgan fingerprint density at radius 2 is 1.81 bits per heavy atom. The van der Waals surface area contributed by atoms with Crippen LogP contribution < -0.4 is 0 Å². The third-order valence-corrected chi connectivity index (χ3v) is 4.82. The fraction of sp³-hybridized carbons (Fsp3) is 0.500. The fourth-order valence-corrected chi connectivity index (χ4v) is 2.89. The lowest BCUT2D eigenvalue weighted by molar-refractivity contribution is -0.139. The van der Waals surface area contributed by atoms with Crippen molar-refractivity contribution >= 4 is 15.9 Å². The van der Waals surface area contributed by atoms with Crippen molar-refractivity contribution in [3.05, 3.63) is 35.9 Å². The average molecular weight is 312 g/mol. The molecule has 1 heterocycles. The predicted octanol–water partition coefficient (Wildman–Crippen LogP) is 0.478. The van der Waals surface area contributed by atoms with Gasteiger partial charge in [0, 0.05) is 20.1 Å². The van der Waals surface area contributed by atoms with Crippen molar-refractivity contribution in [2.45, 2.75) is 6.04 Å². The number of benzene rings is 1. The SMILES string of the molecule is CN(C(C(=O)N1CCOCC1)c1ccccc1)S(C)(=O)=O. The molecule has 0 aliphatic carbocycles. The van der Waals surface area contributed by atoms with Crippen molar-refractivity contribution < 1.29 is 17.9 Å². The maximum Gasteiger partial charge on any atom is 0.245 e. The van der Waals surface area contributed by atoms with Crippen LogP contribution in [0.15, 0.2) is 30.3 Å². The Kier molecular flexibility index (Phi) is 4.97. The fourth-order valence-electron chi connectivity index (χ4n) is 2.29. The number of morpholine rings is 1. The lowest BCUT2D eigenvalue weighted by atomic mass is 10.1. The number of ether oxygens (including phenoxy) is 1. The van der Waals surface area contributed by atoms with Crippen LogP contribution in [0.1, 0.15) is 11.6 Å². The zero-order valence-corrected chi connectivity index (χ0v) is 13.0. The molecule has 1 aliphatic heterocycles. The molecule has 116 valence electrons. The molecule has 1 unspecified atom stereocenters. The van der Waals surface area contributed by atoms with Gasteiger partial charge in [-0.15, -0.1) is 0 Å².